The van der Waals surface area contributed by atoms with E-state index in [0.29, 0.717) is 29.0 Å². The normalized spacial score (nSPS) is 56.5. The fraction of sp³-hybridized carbons (Fsp3) is 0.947. The molecule has 1 N–H and O–H groups in total. The van der Waals surface area contributed by atoms with Gasteiger partial charge in [0.05, 0.1) is 5.60 Å². The maximum Gasteiger partial charge on any atom is 0.133 e. The van der Waals surface area contributed by atoms with Gasteiger partial charge in [0.25, 0.3) is 0 Å². The van der Waals surface area contributed by atoms with Crippen molar-refractivity contribution in [2.75, 3.05) is 0 Å². The molecule has 0 aromatic heterocycles. The summed E-state index contributed by atoms with van der Waals surface area (Å²) in [6, 6.07) is 0. The maximum atomic E-state index is 11.9. The number of aliphatic hydroxyl groups is 1. The molecule has 2 nitrogen and oxygen atoms in total. The number of fused-ring (bicyclic) bond motifs is 5. The molecule has 6 atom stereocenters. The van der Waals surface area contributed by atoms with Crippen molar-refractivity contribution < 1.29 is 9.90 Å². The Balaban J connectivity index is 1.69. The van der Waals surface area contributed by atoms with Gasteiger partial charge in [-0.05, 0) is 80.0 Å². The molecule has 4 rings (SSSR count). The molecule has 0 saturated heterocycles. The number of rotatable bonds is 0. The van der Waals surface area contributed by atoms with E-state index in [4.69, 9.17) is 0 Å². The zero-order valence-corrected chi connectivity index (χ0v) is 13.7. The molecule has 4 fully saturated rings. The van der Waals surface area contributed by atoms with Crippen LogP contribution in [0.15, 0.2) is 0 Å². The van der Waals surface area contributed by atoms with E-state index in [9.17, 15) is 9.90 Å². The number of hydrogen-bond donors (Lipinski definition) is 1. The monoisotopic (exact) mass is 290 g/mol. The zero-order chi connectivity index (χ0) is 14.9. The van der Waals surface area contributed by atoms with Gasteiger partial charge in [-0.3, -0.25) is 4.79 Å². The van der Waals surface area contributed by atoms with Crippen molar-refractivity contribution >= 4 is 5.78 Å². The molecule has 0 aromatic rings. The predicted octanol–water partition coefficient (Wildman–Crippen LogP) is 4.10. The zero-order valence-electron chi connectivity index (χ0n) is 13.7. The van der Waals surface area contributed by atoms with E-state index in [1.165, 1.54) is 32.1 Å². The van der Waals surface area contributed by atoms with E-state index in [-0.39, 0.29) is 5.41 Å². The van der Waals surface area contributed by atoms with Gasteiger partial charge in [-0.2, -0.15) is 0 Å². The lowest BCUT2D eigenvalue weighted by molar-refractivity contribution is -0.197. The van der Waals surface area contributed by atoms with E-state index in [2.05, 4.69) is 13.8 Å². The second-order valence-electron chi connectivity index (χ2n) is 9.11. The van der Waals surface area contributed by atoms with Crippen LogP contribution in [0.3, 0.4) is 0 Å². The third-order valence-electron chi connectivity index (χ3n) is 8.46. The van der Waals surface area contributed by atoms with E-state index < -0.39 is 5.60 Å². The van der Waals surface area contributed by atoms with Crippen molar-refractivity contribution in [1.82, 2.24) is 0 Å². The van der Waals surface area contributed by atoms with E-state index in [1.807, 2.05) is 0 Å². The summed E-state index contributed by atoms with van der Waals surface area (Å²) in [4.78, 5) is 11.9. The van der Waals surface area contributed by atoms with Crippen molar-refractivity contribution in [3.63, 3.8) is 0 Å². The van der Waals surface area contributed by atoms with Gasteiger partial charge in [-0.25, -0.2) is 0 Å². The molecule has 0 aromatic carbocycles. The molecule has 0 radical (unpaired) electrons. The lowest BCUT2D eigenvalue weighted by Gasteiger charge is -2.62. The molecule has 0 bridgehead atoms. The molecule has 4 aliphatic rings. The highest BCUT2D eigenvalue weighted by atomic mass is 16.3. The van der Waals surface area contributed by atoms with E-state index in [0.717, 1.165) is 32.1 Å². The summed E-state index contributed by atoms with van der Waals surface area (Å²) in [5, 5.41) is 11.6. The Labute approximate surface area is 128 Å². The van der Waals surface area contributed by atoms with Gasteiger partial charge >= 0.3 is 0 Å². The second kappa shape index (κ2) is 4.34. The molecular formula is C19H30O2. The van der Waals surface area contributed by atoms with Crippen LogP contribution in [0.4, 0.5) is 0 Å². The van der Waals surface area contributed by atoms with Gasteiger partial charge in [-0.1, -0.05) is 13.8 Å². The average molecular weight is 290 g/mol. The summed E-state index contributed by atoms with van der Waals surface area (Å²) in [6.45, 7) is 4.79. The minimum atomic E-state index is -0.411. The van der Waals surface area contributed by atoms with E-state index in [1.54, 1.807) is 0 Å². The van der Waals surface area contributed by atoms with Crippen molar-refractivity contribution in [3.05, 3.63) is 0 Å². The Kier molecular flexibility index (Phi) is 2.94. The standard InChI is InChI=1S/C19H30O2/c1-17-8-3-9-19(17,21)16-5-4-13-12-14(20)6-11-18(13,2)15(16)7-10-17/h13,15-16,21H,3-12H2,1-2H3/t13-,15-,16+,17+,18-,19-/m0/s1. The van der Waals surface area contributed by atoms with Crippen LogP contribution in [0.1, 0.15) is 78.1 Å². The Morgan fingerprint density at radius 1 is 1.00 bits per heavy atom. The highest BCUT2D eigenvalue weighted by Crippen LogP contribution is 2.67. The first-order valence-corrected chi connectivity index (χ1v) is 9.13. The highest BCUT2D eigenvalue weighted by Gasteiger charge is 2.64. The number of ketones is 1. The molecule has 0 spiro atoms. The van der Waals surface area contributed by atoms with Crippen molar-refractivity contribution in [2.24, 2.45) is 28.6 Å². The summed E-state index contributed by atoms with van der Waals surface area (Å²) in [5.74, 6) is 2.22. The first kappa shape index (κ1) is 14.2. The molecule has 4 saturated carbocycles. The number of carbonyl (C=O) groups is 1. The number of hydrogen-bond acceptors (Lipinski definition) is 2. The average Bonchev–Trinajstić information content (AvgIpc) is 2.75. The van der Waals surface area contributed by atoms with Crippen LogP contribution in [-0.2, 0) is 4.79 Å². The molecule has 0 amide bonds. The van der Waals surface area contributed by atoms with Gasteiger partial charge in [0.15, 0.2) is 0 Å². The van der Waals surface area contributed by atoms with Crippen molar-refractivity contribution in [2.45, 2.75) is 83.7 Å². The Morgan fingerprint density at radius 3 is 2.62 bits per heavy atom. The highest BCUT2D eigenvalue weighted by molar-refractivity contribution is 5.79. The summed E-state index contributed by atoms with van der Waals surface area (Å²) >= 11 is 0. The first-order chi connectivity index (χ1) is 9.89. The van der Waals surface area contributed by atoms with Gasteiger partial charge in [0.1, 0.15) is 5.78 Å². The largest absolute Gasteiger partial charge is 0.389 e. The van der Waals surface area contributed by atoms with Crippen LogP contribution in [0.2, 0.25) is 0 Å². The molecule has 0 heterocycles. The van der Waals surface area contributed by atoms with Gasteiger partial charge in [0.2, 0.25) is 0 Å². The molecule has 0 unspecified atom stereocenters. The fourth-order valence-electron chi connectivity index (χ4n) is 7.00. The summed E-state index contributed by atoms with van der Waals surface area (Å²) < 4.78 is 0. The lowest BCUT2D eigenvalue weighted by atomic mass is 9.44. The van der Waals surface area contributed by atoms with Crippen LogP contribution >= 0.6 is 0 Å². The summed E-state index contributed by atoms with van der Waals surface area (Å²) in [7, 11) is 0. The van der Waals surface area contributed by atoms with Crippen LogP contribution in [0, 0.1) is 28.6 Å². The van der Waals surface area contributed by atoms with Crippen LogP contribution < -0.4 is 0 Å². The fourth-order valence-corrected chi connectivity index (χ4v) is 7.00. The minimum Gasteiger partial charge on any atom is -0.389 e. The Hall–Kier alpha value is -0.370. The smallest absolute Gasteiger partial charge is 0.133 e. The Morgan fingerprint density at radius 2 is 1.81 bits per heavy atom. The number of carbonyl (C=O) groups excluding carboxylic acids is 1. The topological polar surface area (TPSA) is 37.3 Å². The third kappa shape index (κ3) is 1.72. The number of Topliss-reactive ketones (excluding diaryl/α,β-unsaturated/α-hetero) is 1. The molecule has 2 heteroatoms. The quantitative estimate of drug-likeness (QED) is 0.729. The van der Waals surface area contributed by atoms with Gasteiger partial charge in [-0.15, -0.1) is 0 Å². The van der Waals surface area contributed by atoms with Crippen LogP contribution in [0.25, 0.3) is 0 Å². The third-order valence-corrected chi connectivity index (χ3v) is 8.46. The predicted molar refractivity (Wildman–Crippen MR) is 82.8 cm³/mol. The summed E-state index contributed by atoms with van der Waals surface area (Å²) in [6.07, 6.45) is 10.9. The first-order valence-electron chi connectivity index (χ1n) is 9.13. The molecule has 118 valence electrons. The molecule has 0 aliphatic heterocycles. The SMILES string of the molecule is C[C@]12CCC(=O)C[C@@H]1CC[C@@H]1[C@@H]2CC[C@@]2(C)CCC[C@]12O. The maximum absolute atomic E-state index is 11.9. The molecule has 4 aliphatic carbocycles. The van der Waals surface area contributed by atoms with Crippen molar-refractivity contribution in [1.29, 1.82) is 0 Å². The van der Waals surface area contributed by atoms with Crippen molar-refractivity contribution in [3.8, 4) is 0 Å². The lowest BCUT2D eigenvalue weighted by Crippen LogP contribution is -2.61. The summed E-state index contributed by atoms with van der Waals surface area (Å²) in [5.41, 5.74) is 0.0731. The molecule has 21 heavy (non-hydrogen) atoms. The van der Waals surface area contributed by atoms with E-state index >= 15 is 0 Å². The Bertz CT molecular complexity index is 472. The van der Waals surface area contributed by atoms with Gasteiger partial charge in [0, 0.05) is 12.8 Å². The molecular weight excluding hydrogens is 260 g/mol. The van der Waals surface area contributed by atoms with Crippen LogP contribution in [-0.4, -0.2) is 16.5 Å². The second-order valence-corrected chi connectivity index (χ2v) is 9.11. The minimum absolute atomic E-state index is 0.169. The van der Waals surface area contributed by atoms with Crippen LogP contribution in [0.5, 0.6) is 0 Å². The van der Waals surface area contributed by atoms with Gasteiger partial charge < -0.3 is 5.11 Å².